The van der Waals surface area contributed by atoms with Crippen LogP contribution in [0.3, 0.4) is 0 Å². The van der Waals surface area contributed by atoms with Crippen LogP contribution >= 0.6 is 12.6 Å². The molecule has 8 N–H and O–H groups in total. The molecule has 0 aromatic heterocycles. The van der Waals surface area contributed by atoms with Gasteiger partial charge < -0.3 is 32.3 Å². The lowest BCUT2D eigenvalue weighted by Crippen LogP contribution is -2.55. The van der Waals surface area contributed by atoms with E-state index in [4.69, 9.17) is 21.7 Å². The van der Waals surface area contributed by atoms with E-state index in [0.717, 1.165) is 0 Å². The second kappa shape index (κ2) is 10.4. The van der Waals surface area contributed by atoms with Crippen LogP contribution in [0, 0.1) is 0 Å². The second-order valence-corrected chi connectivity index (χ2v) is 5.22. The van der Waals surface area contributed by atoms with Gasteiger partial charge in [-0.3, -0.25) is 19.2 Å². The first-order valence-corrected chi connectivity index (χ1v) is 7.41. The van der Waals surface area contributed by atoms with E-state index in [1.54, 1.807) is 0 Å². The standard InChI is InChI=1S/C12H20N4O7S/c13-5(1-2-9(18)19)10(20)16-7(4-24)11(21)15-6(12(22)23)3-8(14)17/h5-7,24H,1-4,13H2,(H2,14,17)(H,15,21)(H,16,20)(H,18,19)(H,22,23)/t5-,6-,7-/m0/s1. The van der Waals surface area contributed by atoms with Crippen LogP contribution < -0.4 is 22.1 Å². The molecule has 24 heavy (non-hydrogen) atoms. The number of hydrogen-bond acceptors (Lipinski definition) is 7. The minimum absolute atomic E-state index is 0.137. The van der Waals surface area contributed by atoms with E-state index in [9.17, 15) is 24.0 Å². The van der Waals surface area contributed by atoms with E-state index in [-0.39, 0.29) is 18.6 Å². The summed E-state index contributed by atoms with van der Waals surface area (Å²) >= 11 is 3.88. The maximum Gasteiger partial charge on any atom is 0.326 e. The lowest BCUT2D eigenvalue weighted by atomic mass is 10.1. The maximum atomic E-state index is 12.0. The topological polar surface area (TPSA) is 202 Å². The summed E-state index contributed by atoms with van der Waals surface area (Å²) in [6.07, 6.45) is -1.08. The van der Waals surface area contributed by atoms with Gasteiger partial charge in [-0.1, -0.05) is 0 Å². The minimum Gasteiger partial charge on any atom is -0.481 e. The molecular formula is C12H20N4O7S. The van der Waals surface area contributed by atoms with Gasteiger partial charge in [0.1, 0.15) is 12.1 Å². The predicted molar refractivity (Wildman–Crippen MR) is 84.0 cm³/mol. The van der Waals surface area contributed by atoms with Gasteiger partial charge in [0.15, 0.2) is 0 Å². The highest BCUT2D eigenvalue weighted by molar-refractivity contribution is 7.80. The summed E-state index contributed by atoms with van der Waals surface area (Å²) in [6.45, 7) is 0. The fraction of sp³-hybridized carbons (Fsp3) is 0.583. The van der Waals surface area contributed by atoms with Gasteiger partial charge in [-0.2, -0.15) is 12.6 Å². The SMILES string of the molecule is NC(=O)C[C@H](NC(=O)[C@H](CS)NC(=O)[C@@H](N)CCC(=O)O)C(=O)O. The molecule has 3 amide bonds. The molecule has 136 valence electrons. The number of primary amides is 1. The average molecular weight is 364 g/mol. The first-order valence-electron chi connectivity index (χ1n) is 6.78. The quantitative estimate of drug-likeness (QED) is 0.188. The molecule has 0 aromatic rings. The van der Waals surface area contributed by atoms with Crippen LogP contribution in [0.4, 0.5) is 0 Å². The largest absolute Gasteiger partial charge is 0.481 e. The summed E-state index contributed by atoms with van der Waals surface area (Å²) in [5.41, 5.74) is 10.4. The molecule has 0 heterocycles. The Morgan fingerprint density at radius 1 is 1.00 bits per heavy atom. The molecular weight excluding hydrogens is 344 g/mol. The molecule has 0 saturated carbocycles. The number of carbonyl (C=O) groups is 5. The Bertz CT molecular complexity index is 514. The zero-order valence-electron chi connectivity index (χ0n) is 12.6. The normalized spacial score (nSPS) is 14.1. The van der Waals surface area contributed by atoms with Crippen LogP contribution in [0.1, 0.15) is 19.3 Å². The fourth-order valence-corrected chi connectivity index (χ4v) is 1.81. The summed E-state index contributed by atoms with van der Waals surface area (Å²) in [5, 5.41) is 21.7. The van der Waals surface area contributed by atoms with Gasteiger partial charge >= 0.3 is 11.9 Å². The molecule has 3 atom stereocenters. The first kappa shape index (κ1) is 21.7. The molecule has 0 aliphatic rings. The highest BCUT2D eigenvalue weighted by atomic mass is 32.1. The smallest absolute Gasteiger partial charge is 0.326 e. The maximum absolute atomic E-state index is 12.0. The molecule has 12 heteroatoms. The number of amides is 3. The van der Waals surface area contributed by atoms with Crippen molar-refractivity contribution in [2.24, 2.45) is 11.5 Å². The number of rotatable bonds is 11. The number of nitrogens with two attached hydrogens (primary N) is 2. The van der Waals surface area contributed by atoms with Crippen LogP contribution in [0.15, 0.2) is 0 Å². The number of carboxylic acid groups (broad SMARTS) is 2. The number of hydrogen-bond donors (Lipinski definition) is 7. The van der Waals surface area contributed by atoms with E-state index in [0.29, 0.717) is 0 Å². The average Bonchev–Trinajstić information content (AvgIpc) is 2.48. The van der Waals surface area contributed by atoms with Gasteiger partial charge in [0.25, 0.3) is 0 Å². The molecule has 0 aliphatic heterocycles. The third kappa shape index (κ3) is 8.33. The lowest BCUT2D eigenvalue weighted by molar-refractivity contribution is -0.143. The summed E-state index contributed by atoms with van der Waals surface area (Å²) in [5.74, 6) is -5.37. The number of aliphatic carboxylic acids is 2. The monoisotopic (exact) mass is 364 g/mol. The second-order valence-electron chi connectivity index (χ2n) is 4.85. The third-order valence-corrected chi connectivity index (χ3v) is 3.21. The van der Waals surface area contributed by atoms with Crippen molar-refractivity contribution in [3.63, 3.8) is 0 Å². The molecule has 0 aliphatic carbocycles. The molecule has 0 rings (SSSR count). The van der Waals surface area contributed by atoms with Crippen molar-refractivity contribution >= 4 is 42.3 Å². The zero-order valence-corrected chi connectivity index (χ0v) is 13.5. The Morgan fingerprint density at radius 2 is 1.54 bits per heavy atom. The molecule has 0 saturated heterocycles. The van der Waals surface area contributed by atoms with Crippen molar-refractivity contribution in [3.05, 3.63) is 0 Å². The van der Waals surface area contributed by atoms with Gasteiger partial charge in [-0.25, -0.2) is 4.79 Å². The van der Waals surface area contributed by atoms with Gasteiger partial charge in [0.2, 0.25) is 17.7 Å². The summed E-state index contributed by atoms with van der Waals surface area (Å²) in [6, 6.07) is -3.92. The van der Waals surface area contributed by atoms with Crippen molar-refractivity contribution in [2.75, 3.05) is 5.75 Å². The van der Waals surface area contributed by atoms with Crippen LogP contribution in [0.25, 0.3) is 0 Å². The summed E-state index contributed by atoms with van der Waals surface area (Å²) in [4.78, 5) is 55.9. The fourth-order valence-electron chi connectivity index (χ4n) is 1.56. The van der Waals surface area contributed by atoms with Gasteiger partial charge in [-0.05, 0) is 6.42 Å². The number of carboxylic acids is 2. The van der Waals surface area contributed by atoms with Gasteiger partial charge in [0.05, 0.1) is 12.5 Å². The van der Waals surface area contributed by atoms with Crippen molar-refractivity contribution in [1.29, 1.82) is 0 Å². The first-order chi connectivity index (χ1) is 11.1. The van der Waals surface area contributed by atoms with Gasteiger partial charge in [0, 0.05) is 12.2 Å². The molecule has 0 fully saturated rings. The number of nitrogens with one attached hydrogen (secondary N) is 2. The van der Waals surface area contributed by atoms with Crippen molar-refractivity contribution in [3.8, 4) is 0 Å². The van der Waals surface area contributed by atoms with Crippen molar-refractivity contribution in [1.82, 2.24) is 10.6 Å². The van der Waals surface area contributed by atoms with E-state index in [2.05, 4.69) is 23.3 Å². The highest BCUT2D eigenvalue weighted by Gasteiger charge is 2.28. The van der Waals surface area contributed by atoms with Crippen LogP contribution in [-0.2, 0) is 24.0 Å². The number of thiol groups is 1. The molecule has 11 nitrogen and oxygen atoms in total. The zero-order chi connectivity index (χ0) is 18.9. The molecule has 0 aromatic carbocycles. The predicted octanol–water partition coefficient (Wildman–Crippen LogP) is -2.96. The third-order valence-electron chi connectivity index (χ3n) is 2.84. The van der Waals surface area contributed by atoms with Crippen LogP contribution in [0.2, 0.25) is 0 Å². The Morgan fingerprint density at radius 3 is 1.96 bits per heavy atom. The minimum atomic E-state index is -1.55. The Labute approximate surface area is 142 Å². The number of carbonyl (C=O) groups excluding carboxylic acids is 3. The van der Waals surface area contributed by atoms with E-state index in [1.165, 1.54) is 0 Å². The molecule has 0 radical (unpaired) electrons. The van der Waals surface area contributed by atoms with Gasteiger partial charge in [-0.15, -0.1) is 0 Å². The highest BCUT2D eigenvalue weighted by Crippen LogP contribution is 1.99. The summed E-state index contributed by atoms with van der Waals surface area (Å²) < 4.78 is 0. The van der Waals surface area contributed by atoms with Crippen LogP contribution in [0.5, 0.6) is 0 Å². The van der Waals surface area contributed by atoms with E-state index in [1.807, 2.05) is 0 Å². The molecule has 0 bridgehead atoms. The molecule has 0 unspecified atom stereocenters. The van der Waals surface area contributed by atoms with E-state index < -0.39 is 54.2 Å². The Hall–Kier alpha value is -2.34. The van der Waals surface area contributed by atoms with Crippen molar-refractivity contribution < 1.29 is 34.2 Å². The molecule has 0 spiro atoms. The Kier molecular flexibility index (Phi) is 9.42. The lowest BCUT2D eigenvalue weighted by Gasteiger charge is -2.21. The van der Waals surface area contributed by atoms with E-state index >= 15 is 0 Å². The summed E-state index contributed by atoms with van der Waals surface area (Å²) in [7, 11) is 0. The van der Waals surface area contributed by atoms with Crippen molar-refractivity contribution in [2.45, 2.75) is 37.4 Å². The Balaban J connectivity index is 4.73. The van der Waals surface area contributed by atoms with Crippen LogP contribution in [-0.4, -0.2) is 63.8 Å².